The van der Waals surface area contributed by atoms with E-state index in [1.807, 2.05) is 12.1 Å². The van der Waals surface area contributed by atoms with Crippen molar-refractivity contribution in [3.8, 4) is 56.2 Å². The second-order valence-electron chi connectivity index (χ2n) is 13.7. The summed E-state index contributed by atoms with van der Waals surface area (Å²) in [6.07, 6.45) is 0. The fourth-order valence-corrected chi connectivity index (χ4v) is 8.44. The standard InChI is InChI=1S/C51H34N2/c1-5-16-35(17-6-1)36-28-30-39(31-29-36)50-52-46(38-19-7-2-8-20-38)34-47(53-50)43-26-15-27-45-48(43)44-33-32-37-18-13-14-25-42(37)49(44)51(45,40-21-9-3-10-22-40)41-23-11-4-12-24-41/h1-34H. The molecule has 0 saturated carbocycles. The monoisotopic (exact) mass is 674 g/mol. The van der Waals surface area contributed by atoms with Crippen LogP contribution in [0, 0.1) is 0 Å². The summed E-state index contributed by atoms with van der Waals surface area (Å²) in [7, 11) is 0. The molecule has 1 aliphatic rings. The molecule has 0 radical (unpaired) electrons. The van der Waals surface area contributed by atoms with Crippen molar-refractivity contribution >= 4 is 10.8 Å². The Labute approximate surface area is 309 Å². The van der Waals surface area contributed by atoms with E-state index in [1.54, 1.807) is 0 Å². The van der Waals surface area contributed by atoms with Gasteiger partial charge in [-0.1, -0.05) is 200 Å². The van der Waals surface area contributed by atoms with Gasteiger partial charge >= 0.3 is 0 Å². The van der Waals surface area contributed by atoms with Gasteiger partial charge in [0.2, 0.25) is 0 Å². The molecular weight excluding hydrogens is 641 g/mol. The SMILES string of the molecule is c1ccc(-c2ccc(-c3nc(-c4ccccc4)cc(-c4cccc5c4-c4ccc6ccccc6c4C5(c4ccccc4)c4ccccc4)n3)cc2)cc1. The van der Waals surface area contributed by atoms with Crippen LogP contribution >= 0.6 is 0 Å². The van der Waals surface area contributed by atoms with E-state index in [2.05, 4.69) is 194 Å². The lowest BCUT2D eigenvalue weighted by molar-refractivity contribution is 0.775. The quantitative estimate of drug-likeness (QED) is 0.175. The van der Waals surface area contributed by atoms with Crippen molar-refractivity contribution in [3.05, 3.63) is 229 Å². The van der Waals surface area contributed by atoms with E-state index in [-0.39, 0.29) is 0 Å². The third-order valence-electron chi connectivity index (χ3n) is 10.8. The lowest BCUT2D eigenvalue weighted by Crippen LogP contribution is -2.28. The number of fused-ring (bicyclic) bond motifs is 5. The number of hydrogen-bond donors (Lipinski definition) is 0. The lowest BCUT2D eigenvalue weighted by atomic mass is 9.66. The van der Waals surface area contributed by atoms with Crippen LogP contribution in [0.15, 0.2) is 206 Å². The summed E-state index contributed by atoms with van der Waals surface area (Å²) in [4.78, 5) is 10.6. The first-order chi connectivity index (χ1) is 26.3. The Kier molecular flexibility index (Phi) is 7.40. The Bertz CT molecular complexity index is 2700. The normalized spacial score (nSPS) is 12.7. The smallest absolute Gasteiger partial charge is 0.160 e. The van der Waals surface area contributed by atoms with Crippen molar-refractivity contribution in [2.24, 2.45) is 0 Å². The van der Waals surface area contributed by atoms with E-state index in [1.165, 1.54) is 49.7 Å². The maximum Gasteiger partial charge on any atom is 0.160 e. The average molecular weight is 675 g/mol. The molecule has 1 heterocycles. The fraction of sp³-hybridized carbons (Fsp3) is 0.0196. The molecule has 0 N–H and O–H groups in total. The number of benzene rings is 8. The molecule has 0 fully saturated rings. The molecule has 9 aromatic rings. The predicted octanol–water partition coefficient (Wildman–Crippen LogP) is 12.7. The van der Waals surface area contributed by atoms with Crippen LogP contribution in [0.2, 0.25) is 0 Å². The van der Waals surface area contributed by atoms with Crippen molar-refractivity contribution in [3.63, 3.8) is 0 Å². The van der Waals surface area contributed by atoms with Gasteiger partial charge < -0.3 is 0 Å². The summed E-state index contributed by atoms with van der Waals surface area (Å²) >= 11 is 0. The van der Waals surface area contributed by atoms with Gasteiger partial charge in [-0.15, -0.1) is 0 Å². The molecule has 0 spiro atoms. The Morgan fingerprint density at radius 2 is 0.906 bits per heavy atom. The van der Waals surface area contributed by atoms with E-state index < -0.39 is 5.41 Å². The molecule has 2 nitrogen and oxygen atoms in total. The van der Waals surface area contributed by atoms with Crippen LogP contribution in [0.4, 0.5) is 0 Å². The first-order valence-electron chi connectivity index (χ1n) is 18.2. The summed E-state index contributed by atoms with van der Waals surface area (Å²) in [5.41, 5.74) is 14.2. The van der Waals surface area contributed by atoms with E-state index in [9.17, 15) is 0 Å². The van der Waals surface area contributed by atoms with Crippen molar-refractivity contribution in [2.45, 2.75) is 5.41 Å². The molecule has 53 heavy (non-hydrogen) atoms. The third-order valence-corrected chi connectivity index (χ3v) is 10.8. The van der Waals surface area contributed by atoms with Crippen LogP contribution in [0.3, 0.4) is 0 Å². The molecule has 0 amide bonds. The van der Waals surface area contributed by atoms with E-state index in [0.29, 0.717) is 5.82 Å². The summed E-state index contributed by atoms with van der Waals surface area (Å²) in [6.45, 7) is 0. The molecule has 0 bridgehead atoms. The zero-order valence-electron chi connectivity index (χ0n) is 29.0. The minimum absolute atomic E-state index is 0.546. The first kappa shape index (κ1) is 30.9. The molecule has 10 rings (SSSR count). The molecule has 0 atom stereocenters. The number of aromatic nitrogens is 2. The van der Waals surface area contributed by atoms with Crippen molar-refractivity contribution in [2.75, 3.05) is 0 Å². The largest absolute Gasteiger partial charge is 0.228 e. The van der Waals surface area contributed by atoms with E-state index in [4.69, 9.17) is 9.97 Å². The highest BCUT2D eigenvalue weighted by molar-refractivity contribution is 6.03. The van der Waals surface area contributed by atoms with Gasteiger partial charge in [0.1, 0.15) is 0 Å². The zero-order chi connectivity index (χ0) is 35.2. The molecule has 0 aliphatic heterocycles. The van der Waals surface area contributed by atoms with Crippen LogP contribution in [-0.4, -0.2) is 9.97 Å². The minimum atomic E-state index is -0.546. The second-order valence-corrected chi connectivity index (χ2v) is 13.7. The number of nitrogens with zero attached hydrogens (tertiary/aromatic N) is 2. The maximum absolute atomic E-state index is 5.40. The topological polar surface area (TPSA) is 25.8 Å². The Morgan fingerprint density at radius 1 is 0.358 bits per heavy atom. The van der Waals surface area contributed by atoms with Gasteiger partial charge in [0.15, 0.2) is 5.82 Å². The average Bonchev–Trinajstić information content (AvgIpc) is 3.57. The van der Waals surface area contributed by atoms with Gasteiger partial charge in [0, 0.05) is 16.7 Å². The molecule has 0 unspecified atom stereocenters. The summed E-state index contributed by atoms with van der Waals surface area (Å²) in [5.74, 6) is 0.702. The minimum Gasteiger partial charge on any atom is -0.228 e. The van der Waals surface area contributed by atoms with Gasteiger partial charge in [-0.25, -0.2) is 9.97 Å². The van der Waals surface area contributed by atoms with Crippen molar-refractivity contribution in [1.82, 2.24) is 9.97 Å². The van der Waals surface area contributed by atoms with Gasteiger partial charge in [-0.3, -0.25) is 0 Å². The highest BCUT2D eigenvalue weighted by atomic mass is 14.9. The second kappa shape index (κ2) is 12.7. The van der Waals surface area contributed by atoms with Gasteiger partial charge in [0.05, 0.1) is 16.8 Å². The zero-order valence-corrected chi connectivity index (χ0v) is 29.0. The lowest BCUT2D eigenvalue weighted by Gasteiger charge is -2.34. The molecule has 1 aliphatic carbocycles. The van der Waals surface area contributed by atoms with Crippen LogP contribution < -0.4 is 0 Å². The van der Waals surface area contributed by atoms with E-state index in [0.717, 1.165) is 33.6 Å². The van der Waals surface area contributed by atoms with Crippen LogP contribution in [0.25, 0.3) is 66.9 Å². The molecule has 0 saturated heterocycles. The van der Waals surface area contributed by atoms with Crippen LogP contribution in [0.1, 0.15) is 22.3 Å². The first-order valence-corrected chi connectivity index (χ1v) is 18.2. The summed E-state index contributed by atoms with van der Waals surface area (Å²) < 4.78 is 0. The van der Waals surface area contributed by atoms with Gasteiger partial charge in [-0.05, 0) is 61.3 Å². The summed E-state index contributed by atoms with van der Waals surface area (Å²) in [6, 6.07) is 73.9. The highest BCUT2D eigenvalue weighted by Gasteiger charge is 2.48. The number of hydrogen-bond acceptors (Lipinski definition) is 2. The molecule has 248 valence electrons. The van der Waals surface area contributed by atoms with Crippen molar-refractivity contribution < 1.29 is 0 Å². The molecule has 1 aromatic heterocycles. The third kappa shape index (κ3) is 5.03. The highest BCUT2D eigenvalue weighted by Crippen LogP contribution is 2.60. The predicted molar refractivity (Wildman–Crippen MR) is 219 cm³/mol. The fourth-order valence-electron chi connectivity index (χ4n) is 8.44. The Balaban J connectivity index is 1.26. The van der Waals surface area contributed by atoms with Crippen LogP contribution in [0.5, 0.6) is 0 Å². The number of rotatable bonds is 6. The Morgan fingerprint density at radius 3 is 1.58 bits per heavy atom. The maximum atomic E-state index is 5.40. The Hall–Kier alpha value is -6.90. The van der Waals surface area contributed by atoms with E-state index >= 15 is 0 Å². The van der Waals surface area contributed by atoms with Gasteiger partial charge in [0.25, 0.3) is 0 Å². The molecule has 2 heteroatoms. The van der Waals surface area contributed by atoms with Crippen LogP contribution in [-0.2, 0) is 5.41 Å². The summed E-state index contributed by atoms with van der Waals surface area (Å²) in [5, 5.41) is 2.48. The van der Waals surface area contributed by atoms with Crippen molar-refractivity contribution in [1.29, 1.82) is 0 Å². The molecular formula is C51H34N2. The van der Waals surface area contributed by atoms with Gasteiger partial charge in [-0.2, -0.15) is 0 Å². The molecule has 8 aromatic carbocycles.